The molecule has 0 aliphatic carbocycles. The van der Waals surface area contributed by atoms with E-state index >= 15 is 0 Å². The first-order chi connectivity index (χ1) is 8.19. The van der Waals surface area contributed by atoms with Gasteiger partial charge in [0.15, 0.2) is 12.6 Å². The highest BCUT2D eigenvalue weighted by molar-refractivity contribution is 7.98. The fourth-order valence-corrected chi connectivity index (χ4v) is 1.62. The summed E-state index contributed by atoms with van der Waals surface area (Å²) in [5.74, 6) is 9.93. The lowest BCUT2D eigenvalue weighted by Gasteiger charge is -2.39. The molecule has 3 unspecified atom stereocenters. The van der Waals surface area contributed by atoms with Gasteiger partial charge in [-0.2, -0.15) is 5.53 Å². The van der Waals surface area contributed by atoms with E-state index in [0.717, 1.165) is 11.9 Å². The minimum atomic E-state index is -1.23. The fourth-order valence-electron chi connectivity index (χ4n) is 1.16. The molecule has 0 bridgehead atoms. The Morgan fingerprint density at radius 2 is 2.06 bits per heavy atom. The molecule has 0 amide bonds. The zero-order valence-corrected chi connectivity index (χ0v) is 9.35. The van der Waals surface area contributed by atoms with Crippen molar-refractivity contribution in [3.05, 3.63) is 0 Å². The zero-order chi connectivity index (χ0) is 12.7. The van der Waals surface area contributed by atoms with Crippen LogP contribution in [0.5, 0.6) is 0 Å². The molecule has 1 rings (SSSR count). The number of hydrogen-bond donors (Lipinski definition) is 8. The Morgan fingerprint density at radius 3 is 2.59 bits per heavy atom. The number of hydrogen-bond acceptors (Lipinski definition) is 11. The lowest BCUT2D eigenvalue weighted by molar-refractivity contribution is 0.151. The summed E-state index contributed by atoms with van der Waals surface area (Å²) < 4.78 is 0. The van der Waals surface area contributed by atoms with E-state index in [-0.39, 0.29) is 0 Å². The third kappa shape index (κ3) is 3.43. The van der Waals surface area contributed by atoms with E-state index in [1.165, 1.54) is 0 Å². The van der Waals surface area contributed by atoms with Gasteiger partial charge in [-0.05, 0) is 11.9 Å². The maximum Gasteiger partial charge on any atom is 0.254 e. The van der Waals surface area contributed by atoms with Crippen LogP contribution in [0.2, 0.25) is 0 Å². The molecule has 1 aliphatic heterocycles. The molecule has 0 radical (unpaired) electrons. The van der Waals surface area contributed by atoms with E-state index in [4.69, 9.17) is 22.4 Å². The van der Waals surface area contributed by atoms with Crippen LogP contribution in [0.25, 0.3) is 0 Å². The average molecular weight is 263 g/mol. The van der Waals surface area contributed by atoms with E-state index < -0.39 is 17.7 Å². The van der Waals surface area contributed by atoms with Crippen molar-refractivity contribution in [3.8, 4) is 0 Å². The van der Waals surface area contributed by atoms with E-state index in [1.54, 1.807) is 0 Å². The van der Waals surface area contributed by atoms with E-state index in [9.17, 15) is 0 Å². The van der Waals surface area contributed by atoms with Crippen molar-refractivity contribution in [2.45, 2.75) is 17.7 Å². The molecule has 0 aromatic carbocycles. The maximum absolute atomic E-state index is 6.71. The fraction of sp³-hybridized carbons (Fsp3) is 1.00. The molecule has 1 fully saturated rings. The molecule has 14 heteroatoms. The van der Waals surface area contributed by atoms with Gasteiger partial charge in [-0.3, -0.25) is 10.6 Å². The minimum absolute atomic E-state index is 0.647. The molecule has 1 saturated heterocycles. The SMILES string of the molecule is N=NNC1NC(N=NN)NC(N=NN)(SN)N1. The Hall–Kier alpha value is -1.61. The molecular weight excluding hydrogens is 250 g/mol. The maximum atomic E-state index is 6.71. The van der Waals surface area contributed by atoms with Gasteiger partial charge in [0.25, 0.3) is 5.12 Å². The Balaban J connectivity index is 2.85. The molecule has 1 heterocycles. The summed E-state index contributed by atoms with van der Waals surface area (Å²) in [5, 5.41) is 29.3. The first-order valence-corrected chi connectivity index (χ1v) is 5.11. The molecule has 11 N–H and O–H groups in total. The molecule has 96 valence electrons. The van der Waals surface area contributed by atoms with Crippen LogP contribution in [0.4, 0.5) is 0 Å². The van der Waals surface area contributed by atoms with Crippen LogP contribution in [-0.2, 0) is 0 Å². The molecule has 13 nitrogen and oxygen atoms in total. The van der Waals surface area contributed by atoms with Crippen molar-refractivity contribution in [3.63, 3.8) is 0 Å². The molecule has 0 saturated carbocycles. The van der Waals surface area contributed by atoms with Crippen LogP contribution in [-0.4, -0.2) is 17.7 Å². The van der Waals surface area contributed by atoms with Gasteiger partial charge in [0.05, 0.1) is 0 Å². The van der Waals surface area contributed by atoms with Gasteiger partial charge < -0.3 is 11.7 Å². The van der Waals surface area contributed by atoms with Gasteiger partial charge in [0.2, 0.25) is 0 Å². The number of nitrogens with two attached hydrogens (primary N) is 3. The van der Waals surface area contributed by atoms with Gasteiger partial charge in [-0.1, -0.05) is 15.7 Å². The summed E-state index contributed by atoms with van der Waals surface area (Å²) in [6.45, 7) is 0. The van der Waals surface area contributed by atoms with Crippen molar-refractivity contribution in [1.82, 2.24) is 21.4 Å². The molecule has 1 aliphatic rings. The summed E-state index contributed by atoms with van der Waals surface area (Å²) in [6.07, 6.45) is -1.35. The van der Waals surface area contributed by atoms with E-state index in [2.05, 4.69) is 47.3 Å². The van der Waals surface area contributed by atoms with Crippen LogP contribution >= 0.6 is 11.9 Å². The second-order valence-corrected chi connectivity index (χ2v) is 3.57. The van der Waals surface area contributed by atoms with Crippen LogP contribution in [0, 0.1) is 5.53 Å². The highest BCUT2D eigenvalue weighted by atomic mass is 32.2. The van der Waals surface area contributed by atoms with Crippen molar-refractivity contribution in [2.75, 3.05) is 0 Å². The van der Waals surface area contributed by atoms with E-state index in [0.29, 0.717) is 0 Å². The molecule has 17 heavy (non-hydrogen) atoms. The van der Waals surface area contributed by atoms with Crippen LogP contribution in [0.3, 0.4) is 0 Å². The van der Waals surface area contributed by atoms with Crippen LogP contribution in [0.1, 0.15) is 0 Å². The second kappa shape index (κ2) is 6.21. The highest BCUT2D eigenvalue weighted by Crippen LogP contribution is 2.19. The van der Waals surface area contributed by atoms with Gasteiger partial charge in [0.1, 0.15) is 0 Å². The van der Waals surface area contributed by atoms with Gasteiger partial charge in [-0.15, -0.1) is 10.2 Å². The van der Waals surface area contributed by atoms with Gasteiger partial charge >= 0.3 is 0 Å². The smallest absolute Gasteiger partial charge is 0.254 e. The third-order valence-electron chi connectivity index (χ3n) is 1.74. The average Bonchev–Trinajstić information content (AvgIpc) is 2.30. The summed E-state index contributed by atoms with van der Waals surface area (Å²) in [7, 11) is 0. The highest BCUT2D eigenvalue weighted by Gasteiger charge is 2.40. The largest absolute Gasteiger partial charge is 0.305 e. The normalized spacial score (nSPS) is 34.2. The Kier molecular flexibility index (Phi) is 4.91. The second-order valence-electron chi connectivity index (χ2n) is 2.74. The summed E-state index contributed by atoms with van der Waals surface area (Å²) >= 11 is 0.789. The predicted octanol–water partition coefficient (Wildman–Crippen LogP) is -2.26. The third-order valence-corrected chi connectivity index (χ3v) is 2.40. The lowest BCUT2D eigenvalue weighted by Crippen LogP contribution is -2.74. The van der Waals surface area contributed by atoms with Gasteiger partial charge in [-0.25, -0.2) is 16.0 Å². The molecule has 0 aromatic heterocycles. The molecule has 0 aromatic rings. The van der Waals surface area contributed by atoms with Crippen LogP contribution in [0.15, 0.2) is 25.9 Å². The predicted molar refractivity (Wildman–Crippen MR) is 57.9 cm³/mol. The Morgan fingerprint density at radius 1 is 1.29 bits per heavy atom. The number of nitrogens with one attached hydrogen (secondary N) is 5. The van der Waals surface area contributed by atoms with Crippen molar-refractivity contribution >= 4 is 11.9 Å². The monoisotopic (exact) mass is 263 g/mol. The van der Waals surface area contributed by atoms with Crippen molar-refractivity contribution < 1.29 is 0 Å². The van der Waals surface area contributed by atoms with Crippen molar-refractivity contribution in [2.24, 2.45) is 42.7 Å². The zero-order valence-electron chi connectivity index (χ0n) is 8.53. The van der Waals surface area contributed by atoms with Crippen molar-refractivity contribution in [1.29, 1.82) is 5.53 Å². The topological polar surface area (TPSA) is 212 Å². The molecule has 0 spiro atoms. The Bertz CT molecular complexity index is 301. The molecule has 3 atom stereocenters. The lowest BCUT2D eigenvalue weighted by atomic mass is 10.5. The Labute approximate surface area is 100.0 Å². The summed E-state index contributed by atoms with van der Waals surface area (Å²) in [6, 6.07) is 0. The molecular formula is C3H13N13S. The first kappa shape index (κ1) is 13.5. The number of nitrogens with zero attached hydrogens (tertiary/aromatic N) is 5. The first-order valence-electron chi connectivity index (χ1n) is 4.23. The summed E-state index contributed by atoms with van der Waals surface area (Å²) in [4.78, 5) is 0. The quantitative estimate of drug-likeness (QED) is 0.117. The minimum Gasteiger partial charge on any atom is -0.305 e. The van der Waals surface area contributed by atoms with E-state index in [1.807, 2.05) is 0 Å². The van der Waals surface area contributed by atoms with Crippen LogP contribution < -0.4 is 38.2 Å². The standard InChI is InChI=1S/C3H13N13S/c4-14-11-1-8-2(12-15-5)10-3(9-1,17-7)13-16-6/h1-2,8-10H,7H2,(H2,4,11)(H2,5,12)(H2,6,13). The van der Waals surface area contributed by atoms with Gasteiger partial charge in [0, 0.05) is 0 Å². The number of rotatable bonds is 5. The summed E-state index contributed by atoms with van der Waals surface area (Å²) in [5.41, 5.74) is 9.11.